The molecule has 194 valence electrons. The molecule has 0 atom stereocenters. The number of carbonyl (C=O) groups is 1. The summed E-state index contributed by atoms with van der Waals surface area (Å²) in [5, 5.41) is 14.5. The molecule has 0 radical (unpaired) electrons. The van der Waals surface area contributed by atoms with Crippen LogP contribution in [-0.4, -0.2) is 25.8 Å². The molecular formula is C27H22ClN3O5S2. The van der Waals surface area contributed by atoms with E-state index in [9.17, 15) is 23.3 Å². The molecule has 4 aromatic carbocycles. The molecule has 11 heteroatoms. The average molecular weight is 568 g/mol. The summed E-state index contributed by atoms with van der Waals surface area (Å²) < 4.78 is 27.9. The Hall–Kier alpha value is -3.86. The Balaban J connectivity index is 1.57. The van der Waals surface area contributed by atoms with Crippen LogP contribution in [0.25, 0.3) is 0 Å². The Morgan fingerprint density at radius 1 is 0.895 bits per heavy atom. The van der Waals surface area contributed by atoms with Gasteiger partial charge in [0.1, 0.15) is 6.54 Å². The predicted molar refractivity (Wildman–Crippen MR) is 150 cm³/mol. The first-order valence-electron chi connectivity index (χ1n) is 11.3. The molecule has 0 aliphatic rings. The van der Waals surface area contributed by atoms with E-state index in [1.165, 1.54) is 48.2 Å². The molecule has 0 aromatic heterocycles. The molecule has 1 amide bonds. The number of nitro groups is 1. The van der Waals surface area contributed by atoms with Crippen LogP contribution in [0.15, 0.2) is 113 Å². The van der Waals surface area contributed by atoms with E-state index in [0.717, 1.165) is 14.8 Å². The number of amides is 1. The van der Waals surface area contributed by atoms with Crippen LogP contribution in [0.5, 0.6) is 0 Å². The molecule has 38 heavy (non-hydrogen) atoms. The van der Waals surface area contributed by atoms with Crippen molar-refractivity contribution in [2.75, 3.05) is 16.2 Å². The van der Waals surface area contributed by atoms with Gasteiger partial charge in [-0.05, 0) is 54.1 Å². The molecule has 0 heterocycles. The SMILES string of the molecule is O=C(CN(c1ccc([N+](=O)[O-])cc1)S(=O)(=O)c1ccccc1)Nc1ccccc1SCc1ccc(Cl)cc1. The van der Waals surface area contributed by atoms with Gasteiger partial charge in [-0.3, -0.25) is 19.2 Å². The molecule has 0 fully saturated rings. The molecule has 0 aliphatic carbocycles. The fraction of sp³-hybridized carbons (Fsp3) is 0.0741. The molecular weight excluding hydrogens is 546 g/mol. The number of nitrogens with one attached hydrogen (secondary N) is 1. The molecule has 0 unspecified atom stereocenters. The van der Waals surface area contributed by atoms with Crippen molar-refractivity contribution in [1.29, 1.82) is 0 Å². The minimum Gasteiger partial charge on any atom is -0.323 e. The summed E-state index contributed by atoms with van der Waals surface area (Å²) in [5.74, 6) is 0.0730. The van der Waals surface area contributed by atoms with E-state index in [4.69, 9.17) is 11.6 Å². The lowest BCUT2D eigenvalue weighted by Crippen LogP contribution is -2.38. The van der Waals surface area contributed by atoms with Crippen molar-refractivity contribution in [1.82, 2.24) is 0 Å². The number of carbonyl (C=O) groups excluding carboxylic acids is 1. The molecule has 0 saturated heterocycles. The molecule has 0 saturated carbocycles. The van der Waals surface area contributed by atoms with Crippen LogP contribution in [0, 0.1) is 10.1 Å². The molecule has 0 aliphatic heterocycles. The predicted octanol–water partition coefficient (Wildman–Crippen LogP) is 6.37. The first-order valence-corrected chi connectivity index (χ1v) is 14.1. The Bertz CT molecular complexity index is 1530. The van der Waals surface area contributed by atoms with Gasteiger partial charge in [0.05, 0.1) is 21.2 Å². The summed E-state index contributed by atoms with van der Waals surface area (Å²) in [6.45, 7) is -0.536. The zero-order valence-corrected chi connectivity index (χ0v) is 22.2. The molecule has 1 N–H and O–H groups in total. The van der Waals surface area contributed by atoms with Gasteiger partial charge in [-0.25, -0.2) is 8.42 Å². The zero-order valence-electron chi connectivity index (χ0n) is 19.9. The third-order valence-electron chi connectivity index (χ3n) is 5.44. The molecule has 0 bridgehead atoms. The second kappa shape index (κ2) is 12.1. The number of rotatable bonds is 10. The van der Waals surface area contributed by atoms with E-state index in [1.54, 1.807) is 30.3 Å². The minimum absolute atomic E-state index is 0.00919. The van der Waals surface area contributed by atoms with Crippen LogP contribution >= 0.6 is 23.4 Å². The Kier molecular flexibility index (Phi) is 8.67. The first kappa shape index (κ1) is 27.2. The van der Waals surface area contributed by atoms with Crippen molar-refractivity contribution in [2.24, 2.45) is 0 Å². The number of sulfonamides is 1. The van der Waals surface area contributed by atoms with Gasteiger partial charge in [-0.1, -0.05) is 54.1 Å². The van der Waals surface area contributed by atoms with Crippen molar-refractivity contribution in [3.05, 3.63) is 124 Å². The number of non-ortho nitro benzene ring substituents is 1. The number of hydrogen-bond donors (Lipinski definition) is 1. The van der Waals surface area contributed by atoms with Crippen molar-refractivity contribution >= 4 is 56.4 Å². The third kappa shape index (κ3) is 6.71. The summed E-state index contributed by atoms with van der Waals surface area (Å²) in [5.41, 5.74) is 1.53. The van der Waals surface area contributed by atoms with Crippen LogP contribution in [0.1, 0.15) is 5.56 Å². The standard InChI is InChI=1S/C27H22ClN3O5S2/c28-21-12-10-20(11-13-21)19-37-26-9-5-4-8-25(26)29-27(32)18-30(22-14-16-23(17-15-22)31(33)34)38(35,36)24-6-2-1-3-7-24/h1-17H,18-19H2,(H,29,32). The maximum absolute atomic E-state index is 13.5. The van der Waals surface area contributed by atoms with Crippen LogP contribution in [0.2, 0.25) is 5.02 Å². The van der Waals surface area contributed by atoms with Gasteiger partial charge >= 0.3 is 0 Å². The van der Waals surface area contributed by atoms with Crippen LogP contribution in [0.4, 0.5) is 17.1 Å². The quantitative estimate of drug-likeness (QED) is 0.135. The van der Waals surface area contributed by atoms with Gasteiger partial charge in [-0.2, -0.15) is 0 Å². The Morgan fingerprint density at radius 2 is 1.53 bits per heavy atom. The lowest BCUT2D eigenvalue weighted by atomic mass is 10.2. The number of halogens is 1. The molecule has 8 nitrogen and oxygen atoms in total. The van der Waals surface area contributed by atoms with E-state index < -0.39 is 27.4 Å². The lowest BCUT2D eigenvalue weighted by molar-refractivity contribution is -0.384. The number of anilines is 2. The van der Waals surface area contributed by atoms with E-state index in [-0.39, 0.29) is 16.3 Å². The van der Waals surface area contributed by atoms with Gasteiger partial charge in [0.2, 0.25) is 5.91 Å². The largest absolute Gasteiger partial charge is 0.323 e. The van der Waals surface area contributed by atoms with Gasteiger partial charge in [0.25, 0.3) is 15.7 Å². The van der Waals surface area contributed by atoms with E-state index >= 15 is 0 Å². The summed E-state index contributed by atoms with van der Waals surface area (Å²) >= 11 is 7.48. The van der Waals surface area contributed by atoms with Crippen LogP contribution in [-0.2, 0) is 20.6 Å². The number of thioether (sulfide) groups is 1. The number of nitro benzene ring substituents is 1. The van der Waals surface area contributed by atoms with Crippen LogP contribution in [0.3, 0.4) is 0 Å². The second-order valence-corrected chi connectivity index (χ2v) is 11.4. The van der Waals surface area contributed by atoms with E-state index in [2.05, 4.69) is 5.32 Å². The minimum atomic E-state index is -4.15. The van der Waals surface area contributed by atoms with Crippen molar-refractivity contribution in [3.63, 3.8) is 0 Å². The number of benzene rings is 4. The van der Waals surface area contributed by atoms with Crippen LogP contribution < -0.4 is 9.62 Å². The van der Waals surface area contributed by atoms with E-state index in [1.807, 2.05) is 36.4 Å². The molecule has 0 spiro atoms. The highest BCUT2D eigenvalue weighted by Crippen LogP contribution is 2.31. The fourth-order valence-electron chi connectivity index (χ4n) is 3.53. The smallest absolute Gasteiger partial charge is 0.269 e. The number of para-hydroxylation sites is 1. The highest BCUT2D eigenvalue weighted by molar-refractivity contribution is 7.98. The average Bonchev–Trinajstić information content (AvgIpc) is 2.92. The monoisotopic (exact) mass is 567 g/mol. The first-order chi connectivity index (χ1) is 18.2. The molecule has 4 aromatic rings. The lowest BCUT2D eigenvalue weighted by Gasteiger charge is -2.24. The van der Waals surface area contributed by atoms with Crippen molar-refractivity contribution < 1.29 is 18.1 Å². The van der Waals surface area contributed by atoms with Gasteiger partial charge in [0, 0.05) is 27.8 Å². The van der Waals surface area contributed by atoms with Gasteiger partial charge < -0.3 is 5.32 Å². The topological polar surface area (TPSA) is 110 Å². The number of hydrogen-bond acceptors (Lipinski definition) is 6. The highest BCUT2D eigenvalue weighted by Gasteiger charge is 2.28. The third-order valence-corrected chi connectivity index (χ3v) is 8.62. The summed E-state index contributed by atoms with van der Waals surface area (Å²) in [4.78, 5) is 24.5. The van der Waals surface area contributed by atoms with E-state index in [0.29, 0.717) is 16.5 Å². The molecule has 4 rings (SSSR count). The zero-order chi connectivity index (χ0) is 27.1. The fourth-order valence-corrected chi connectivity index (χ4v) is 6.07. The Morgan fingerprint density at radius 3 is 2.18 bits per heavy atom. The Labute approximate surface area is 229 Å². The summed E-state index contributed by atoms with van der Waals surface area (Å²) in [7, 11) is -4.15. The van der Waals surface area contributed by atoms with Crippen molar-refractivity contribution in [3.8, 4) is 0 Å². The van der Waals surface area contributed by atoms with Gasteiger partial charge in [-0.15, -0.1) is 11.8 Å². The highest BCUT2D eigenvalue weighted by atomic mass is 35.5. The summed E-state index contributed by atoms with van der Waals surface area (Å²) in [6.07, 6.45) is 0. The second-order valence-electron chi connectivity index (χ2n) is 8.06. The normalized spacial score (nSPS) is 11.1. The van der Waals surface area contributed by atoms with Gasteiger partial charge in [0.15, 0.2) is 0 Å². The van der Waals surface area contributed by atoms with Crippen molar-refractivity contribution in [2.45, 2.75) is 15.5 Å². The maximum Gasteiger partial charge on any atom is 0.269 e. The maximum atomic E-state index is 13.5. The number of nitrogens with zero attached hydrogens (tertiary/aromatic N) is 2. The summed E-state index contributed by atoms with van der Waals surface area (Å²) in [6, 6.07) is 27.4.